The third kappa shape index (κ3) is 3.62. The zero-order valence-electron chi connectivity index (χ0n) is 12.8. The Morgan fingerprint density at radius 3 is 2.41 bits per heavy atom. The molecule has 3 rings (SSSR count). The Morgan fingerprint density at radius 1 is 1.14 bits per heavy atom. The first-order valence-electron chi connectivity index (χ1n) is 7.90. The molecule has 1 aliphatic carbocycles. The van der Waals surface area contributed by atoms with E-state index in [0.29, 0.717) is 5.91 Å². The van der Waals surface area contributed by atoms with E-state index in [2.05, 4.69) is 34.0 Å². The molecular formula is C17H21IN2O2. The molecule has 1 heterocycles. The third-order valence-corrected chi connectivity index (χ3v) is 5.22. The van der Waals surface area contributed by atoms with Gasteiger partial charge in [-0.25, -0.2) is 0 Å². The molecule has 4 nitrogen and oxygen atoms in total. The number of carbonyl (C=O) groups excluding carboxylic acids is 2. The van der Waals surface area contributed by atoms with E-state index >= 15 is 0 Å². The van der Waals surface area contributed by atoms with Crippen molar-refractivity contribution in [1.29, 1.82) is 0 Å². The number of rotatable bonds is 3. The molecule has 1 aromatic carbocycles. The van der Waals surface area contributed by atoms with Crippen LogP contribution in [0.25, 0.3) is 0 Å². The van der Waals surface area contributed by atoms with E-state index in [1.165, 1.54) is 3.57 Å². The van der Waals surface area contributed by atoms with Crippen LogP contribution in [0.4, 0.5) is 5.69 Å². The van der Waals surface area contributed by atoms with Gasteiger partial charge in [0.15, 0.2) is 0 Å². The number of benzene rings is 1. The lowest BCUT2D eigenvalue weighted by molar-refractivity contribution is -0.135. The predicted octanol–water partition coefficient (Wildman–Crippen LogP) is 3.19. The number of anilines is 1. The molecule has 2 amide bonds. The number of aryl methyl sites for hydroxylation is 1. The minimum Gasteiger partial charge on any atom is -0.342 e. The Hall–Kier alpha value is -1.11. The number of hydrogen-bond acceptors (Lipinski definition) is 2. The maximum atomic E-state index is 12.4. The predicted molar refractivity (Wildman–Crippen MR) is 94.6 cm³/mol. The number of amides is 2. The standard InChI is InChI=1S/C17H21IN2O2/c1-11-10-14(18)4-5-15(11)19-16(21)12-6-8-20(9-7-12)17(22)13-2-3-13/h4-5,10,12-13H,2-3,6-9H2,1H3,(H,19,21). The van der Waals surface area contributed by atoms with Gasteiger partial charge < -0.3 is 10.2 Å². The van der Waals surface area contributed by atoms with Crippen molar-refractivity contribution in [2.75, 3.05) is 18.4 Å². The van der Waals surface area contributed by atoms with Gasteiger partial charge in [0.2, 0.25) is 11.8 Å². The molecule has 0 aromatic heterocycles. The SMILES string of the molecule is Cc1cc(I)ccc1NC(=O)C1CCN(C(=O)C2CC2)CC1. The number of likely N-dealkylation sites (tertiary alicyclic amines) is 1. The second-order valence-electron chi connectivity index (χ2n) is 6.32. The van der Waals surface area contributed by atoms with Gasteiger partial charge in [-0.15, -0.1) is 0 Å². The monoisotopic (exact) mass is 412 g/mol. The maximum Gasteiger partial charge on any atom is 0.227 e. The lowest BCUT2D eigenvalue weighted by Crippen LogP contribution is -2.42. The Balaban J connectivity index is 1.54. The van der Waals surface area contributed by atoms with Gasteiger partial charge in [-0.1, -0.05) is 0 Å². The highest BCUT2D eigenvalue weighted by Crippen LogP contribution is 2.32. The van der Waals surface area contributed by atoms with Gasteiger partial charge in [0, 0.05) is 34.2 Å². The first-order chi connectivity index (χ1) is 10.5. The fourth-order valence-corrected chi connectivity index (χ4v) is 3.60. The number of nitrogens with one attached hydrogen (secondary N) is 1. The van der Waals surface area contributed by atoms with Crippen molar-refractivity contribution in [3.05, 3.63) is 27.3 Å². The number of piperidine rings is 1. The van der Waals surface area contributed by atoms with Crippen LogP contribution in [0.2, 0.25) is 0 Å². The Kier molecular flexibility index (Phi) is 4.70. The molecule has 1 saturated heterocycles. The highest BCUT2D eigenvalue weighted by Gasteiger charge is 2.35. The third-order valence-electron chi connectivity index (χ3n) is 4.55. The van der Waals surface area contributed by atoms with Crippen molar-refractivity contribution in [2.24, 2.45) is 11.8 Å². The van der Waals surface area contributed by atoms with E-state index in [-0.39, 0.29) is 17.7 Å². The lowest BCUT2D eigenvalue weighted by Gasteiger charge is -2.31. The normalized spacial score (nSPS) is 19.1. The van der Waals surface area contributed by atoms with Crippen molar-refractivity contribution in [3.8, 4) is 0 Å². The van der Waals surface area contributed by atoms with Crippen LogP contribution in [0.3, 0.4) is 0 Å². The van der Waals surface area contributed by atoms with E-state index in [9.17, 15) is 9.59 Å². The molecule has 1 N–H and O–H groups in total. The van der Waals surface area contributed by atoms with Gasteiger partial charge in [-0.3, -0.25) is 9.59 Å². The molecule has 0 atom stereocenters. The zero-order chi connectivity index (χ0) is 15.7. The summed E-state index contributed by atoms with van der Waals surface area (Å²) in [5.74, 6) is 0.678. The summed E-state index contributed by atoms with van der Waals surface area (Å²) in [6.45, 7) is 3.45. The van der Waals surface area contributed by atoms with Crippen LogP contribution in [0.5, 0.6) is 0 Å². The Morgan fingerprint density at radius 2 is 1.82 bits per heavy atom. The van der Waals surface area contributed by atoms with Gasteiger partial charge in [0.05, 0.1) is 0 Å². The van der Waals surface area contributed by atoms with Crippen LogP contribution < -0.4 is 5.32 Å². The van der Waals surface area contributed by atoms with Crippen LogP contribution in [-0.4, -0.2) is 29.8 Å². The fourth-order valence-electron chi connectivity index (χ4n) is 2.95. The van der Waals surface area contributed by atoms with Crippen LogP contribution in [0.1, 0.15) is 31.2 Å². The first-order valence-corrected chi connectivity index (χ1v) is 8.98. The molecule has 2 fully saturated rings. The van der Waals surface area contributed by atoms with Gasteiger partial charge in [0.1, 0.15) is 0 Å². The topological polar surface area (TPSA) is 49.4 Å². The summed E-state index contributed by atoms with van der Waals surface area (Å²) in [5, 5.41) is 3.04. The summed E-state index contributed by atoms with van der Waals surface area (Å²) in [5.41, 5.74) is 1.98. The average molecular weight is 412 g/mol. The number of halogens is 1. The Bertz CT molecular complexity index is 590. The molecule has 0 unspecified atom stereocenters. The van der Waals surface area contributed by atoms with Gasteiger partial charge >= 0.3 is 0 Å². The molecule has 1 aromatic rings. The van der Waals surface area contributed by atoms with Gasteiger partial charge in [-0.05, 0) is 79.0 Å². The summed E-state index contributed by atoms with van der Waals surface area (Å²) >= 11 is 2.27. The van der Waals surface area contributed by atoms with Gasteiger partial charge in [-0.2, -0.15) is 0 Å². The summed E-state index contributed by atoms with van der Waals surface area (Å²) in [7, 11) is 0. The van der Waals surface area contributed by atoms with E-state index < -0.39 is 0 Å². The highest BCUT2D eigenvalue weighted by atomic mass is 127. The van der Waals surface area contributed by atoms with E-state index in [1.807, 2.05) is 24.0 Å². The zero-order valence-corrected chi connectivity index (χ0v) is 14.9. The lowest BCUT2D eigenvalue weighted by atomic mass is 9.95. The van der Waals surface area contributed by atoms with Crippen molar-refractivity contribution < 1.29 is 9.59 Å². The molecule has 0 spiro atoms. The van der Waals surface area contributed by atoms with Crippen LogP contribution in [0, 0.1) is 22.3 Å². The minimum absolute atomic E-state index is 0.0157. The smallest absolute Gasteiger partial charge is 0.227 e. The summed E-state index contributed by atoms with van der Waals surface area (Å²) in [6, 6.07) is 6.02. The molecule has 0 bridgehead atoms. The molecule has 22 heavy (non-hydrogen) atoms. The van der Waals surface area contributed by atoms with Crippen LogP contribution in [0.15, 0.2) is 18.2 Å². The fraction of sp³-hybridized carbons (Fsp3) is 0.529. The highest BCUT2D eigenvalue weighted by molar-refractivity contribution is 14.1. The Labute approximate surface area is 144 Å². The van der Waals surface area contributed by atoms with E-state index in [4.69, 9.17) is 0 Å². The summed E-state index contributed by atoms with van der Waals surface area (Å²) in [6.07, 6.45) is 3.64. The molecular weight excluding hydrogens is 391 g/mol. The first kappa shape index (κ1) is 15.8. The van der Waals surface area contributed by atoms with Crippen LogP contribution >= 0.6 is 22.6 Å². The second-order valence-corrected chi connectivity index (χ2v) is 7.57. The minimum atomic E-state index is 0.0157. The van der Waals surface area contributed by atoms with E-state index in [1.54, 1.807) is 0 Å². The van der Waals surface area contributed by atoms with Crippen LogP contribution in [-0.2, 0) is 9.59 Å². The van der Waals surface area contributed by atoms with Crippen molar-refractivity contribution >= 4 is 40.1 Å². The molecule has 5 heteroatoms. The largest absolute Gasteiger partial charge is 0.342 e. The summed E-state index contributed by atoms with van der Waals surface area (Å²) < 4.78 is 1.17. The van der Waals surface area contributed by atoms with Crippen molar-refractivity contribution in [3.63, 3.8) is 0 Å². The molecule has 1 saturated carbocycles. The van der Waals surface area contributed by atoms with Crippen molar-refractivity contribution in [2.45, 2.75) is 32.6 Å². The number of hydrogen-bond donors (Lipinski definition) is 1. The quantitative estimate of drug-likeness (QED) is 0.776. The molecule has 0 radical (unpaired) electrons. The number of carbonyl (C=O) groups is 2. The second kappa shape index (κ2) is 6.56. The average Bonchev–Trinajstić information content (AvgIpc) is 3.34. The molecule has 118 valence electrons. The van der Waals surface area contributed by atoms with E-state index in [0.717, 1.165) is 50.0 Å². The molecule has 1 aliphatic heterocycles. The number of nitrogens with zero attached hydrogens (tertiary/aromatic N) is 1. The maximum absolute atomic E-state index is 12.4. The van der Waals surface area contributed by atoms with Gasteiger partial charge in [0.25, 0.3) is 0 Å². The molecule has 2 aliphatic rings. The summed E-state index contributed by atoms with van der Waals surface area (Å²) in [4.78, 5) is 26.4. The van der Waals surface area contributed by atoms with Crippen molar-refractivity contribution in [1.82, 2.24) is 4.90 Å².